The lowest BCUT2D eigenvalue weighted by molar-refractivity contribution is -0.149. The highest BCUT2D eigenvalue weighted by Crippen LogP contribution is 2.16. The van der Waals surface area contributed by atoms with Gasteiger partial charge in [-0.25, -0.2) is 14.0 Å². The number of hydrogen-bond acceptors (Lipinski definition) is 5. The lowest BCUT2D eigenvalue weighted by Gasteiger charge is -2.24. The Kier molecular flexibility index (Phi) is 12.4. The van der Waals surface area contributed by atoms with E-state index in [1.807, 2.05) is 43.3 Å². The number of para-hydroxylation sites is 1. The summed E-state index contributed by atoms with van der Waals surface area (Å²) >= 11 is 0. The number of carbonyl (C=O) groups is 2. The second-order valence-corrected chi connectivity index (χ2v) is 9.24. The zero-order chi connectivity index (χ0) is 28.7. The fourth-order valence-corrected chi connectivity index (χ4v) is 3.98. The van der Waals surface area contributed by atoms with Crippen molar-refractivity contribution in [3.05, 3.63) is 95.3 Å². The number of aryl methyl sites for hydroxylation is 1. The Morgan fingerprint density at radius 1 is 0.950 bits per heavy atom. The van der Waals surface area contributed by atoms with Crippen LogP contribution in [0, 0.1) is 12.7 Å². The number of carboxylic acid groups (broad SMARTS) is 1. The average molecular weight is 553 g/mol. The summed E-state index contributed by atoms with van der Waals surface area (Å²) in [5.74, 6) is -0.661. The molecule has 1 atom stereocenters. The van der Waals surface area contributed by atoms with Crippen molar-refractivity contribution in [2.24, 2.45) is 0 Å². The van der Waals surface area contributed by atoms with Crippen LogP contribution in [0.1, 0.15) is 30.0 Å². The molecule has 0 saturated heterocycles. The molecule has 2 amide bonds. The Bertz CT molecular complexity index is 1200. The maximum atomic E-state index is 13.1. The predicted octanol–water partition coefficient (Wildman–Crippen LogP) is 5.69. The number of rotatable bonds is 16. The second kappa shape index (κ2) is 16.2. The summed E-state index contributed by atoms with van der Waals surface area (Å²) in [6.45, 7) is 5.90. The van der Waals surface area contributed by atoms with Crippen molar-refractivity contribution in [1.29, 1.82) is 0 Å². The molecule has 0 fully saturated rings. The first-order valence-corrected chi connectivity index (χ1v) is 13.4. The molecule has 3 aromatic carbocycles. The number of aliphatic carboxylic acids is 1. The van der Waals surface area contributed by atoms with Gasteiger partial charge in [-0.3, -0.25) is 0 Å². The third kappa shape index (κ3) is 10.3. The molecule has 0 aliphatic heterocycles. The molecule has 9 heteroatoms. The summed E-state index contributed by atoms with van der Waals surface area (Å²) in [6.07, 6.45) is -0.0157. The highest BCUT2D eigenvalue weighted by Gasteiger charge is 2.18. The monoisotopic (exact) mass is 552 g/mol. The highest BCUT2D eigenvalue weighted by atomic mass is 19.1. The number of anilines is 1. The molecule has 0 aliphatic carbocycles. The minimum Gasteiger partial charge on any atom is -0.492 e. The molecule has 3 rings (SSSR count). The smallest absolute Gasteiger partial charge is 0.333 e. The van der Waals surface area contributed by atoms with Gasteiger partial charge in [0.1, 0.15) is 18.2 Å². The molecule has 0 radical (unpaired) electrons. The van der Waals surface area contributed by atoms with E-state index >= 15 is 0 Å². The average Bonchev–Trinajstić information content (AvgIpc) is 2.94. The number of nitrogens with zero attached hydrogens (tertiary/aromatic N) is 1. The van der Waals surface area contributed by atoms with E-state index in [-0.39, 0.29) is 24.9 Å². The number of benzene rings is 3. The van der Waals surface area contributed by atoms with Crippen molar-refractivity contribution < 1.29 is 33.3 Å². The van der Waals surface area contributed by atoms with Crippen LogP contribution in [-0.4, -0.2) is 61.0 Å². The number of ether oxygens (including phenoxy) is 3. The molecule has 0 spiro atoms. The van der Waals surface area contributed by atoms with E-state index in [9.17, 15) is 19.1 Å². The highest BCUT2D eigenvalue weighted by molar-refractivity contribution is 5.90. The fourth-order valence-electron chi connectivity index (χ4n) is 3.98. The van der Waals surface area contributed by atoms with Crippen molar-refractivity contribution in [1.82, 2.24) is 4.90 Å². The largest absolute Gasteiger partial charge is 0.492 e. The van der Waals surface area contributed by atoms with Gasteiger partial charge in [0.25, 0.3) is 0 Å². The summed E-state index contributed by atoms with van der Waals surface area (Å²) in [7, 11) is 0. The Hall–Kier alpha value is -3.95. The van der Waals surface area contributed by atoms with Crippen LogP contribution < -0.4 is 10.1 Å². The fraction of sp³-hybridized carbons (Fsp3) is 0.355. The number of urea groups is 1. The van der Waals surface area contributed by atoms with Gasteiger partial charge in [0.05, 0.1) is 13.2 Å². The minimum atomic E-state index is -0.993. The van der Waals surface area contributed by atoms with Crippen LogP contribution >= 0.6 is 0 Å². The van der Waals surface area contributed by atoms with Gasteiger partial charge >= 0.3 is 12.0 Å². The van der Waals surface area contributed by atoms with Gasteiger partial charge in [0.2, 0.25) is 0 Å². The SMILES string of the molecule is CCOC(Cc1ccc(OCCN(CCCOCc2ccc(F)cc2)C(=O)Nc2ccccc2C)cc1)C(=O)O. The van der Waals surface area contributed by atoms with Crippen molar-refractivity contribution in [3.63, 3.8) is 0 Å². The Labute approximate surface area is 234 Å². The topological polar surface area (TPSA) is 97.3 Å². The zero-order valence-corrected chi connectivity index (χ0v) is 23.0. The van der Waals surface area contributed by atoms with Gasteiger partial charge in [0, 0.05) is 31.9 Å². The number of carbonyl (C=O) groups excluding carboxylic acids is 1. The van der Waals surface area contributed by atoms with Crippen LogP contribution in [0.3, 0.4) is 0 Å². The third-order valence-electron chi connectivity index (χ3n) is 6.19. The second-order valence-electron chi connectivity index (χ2n) is 9.24. The number of halogens is 1. The molecule has 3 aromatic rings. The molecule has 0 aromatic heterocycles. The van der Waals surface area contributed by atoms with Gasteiger partial charge in [-0.2, -0.15) is 0 Å². The molecule has 40 heavy (non-hydrogen) atoms. The number of amides is 2. The molecule has 214 valence electrons. The van der Waals surface area contributed by atoms with Crippen LogP contribution in [0.2, 0.25) is 0 Å². The van der Waals surface area contributed by atoms with E-state index in [0.717, 1.165) is 22.4 Å². The predicted molar refractivity (Wildman–Crippen MR) is 151 cm³/mol. The summed E-state index contributed by atoms with van der Waals surface area (Å²) in [5, 5.41) is 12.3. The minimum absolute atomic E-state index is 0.234. The maximum absolute atomic E-state index is 13.1. The molecular formula is C31H37FN2O6. The van der Waals surface area contributed by atoms with Gasteiger partial charge in [-0.05, 0) is 67.3 Å². The van der Waals surface area contributed by atoms with Crippen molar-refractivity contribution in [3.8, 4) is 5.75 Å². The van der Waals surface area contributed by atoms with Gasteiger partial charge in [0.15, 0.2) is 6.10 Å². The van der Waals surface area contributed by atoms with Crippen LogP contribution in [0.25, 0.3) is 0 Å². The Morgan fingerprint density at radius 2 is 1.65 bits per heavy atom. The van der Waals surface area contributed by atoms with Crippen molar-refractivity contribution in [2.75, 3.05) is 38.2 Å². The van der Waals surface area contributed by atoms with E-state index < -0.39 is 12.1 Å². The number of nitrogens with one attached hydrogen (secondary N) is 1. The summed E-state index contributed by atoms with van der Waals surface area (Å²) in [5.41, 5.74) is 3.41. The standard InChI is InChI=1S/C31H37FN2O6/c1-3-39-29(30(35)36)21-24-11-15-27(16-12-24)40-20-18-34(31(37)33-28-8-5-4-7-23(28)2)17-6-19-38-22-25-9-13-26(32)14-10-25/h4-5,7-16,29H,3,6,17-22H2,1-2H3,(H,33,37)(H,35,36). The maximum Gasteiger partial charge on any atom is 0.333 e. The van der Waals surface area contributed by atoms with Crippen molar-refractivity contribution in [2.45, 2.75) is 39.4 Å². The van der Waals surface area contributed by atoms with Crippen LogP contribution in [0.4, 0.5) is 14.9 Å². The Balaban J connectivity index is 1.52. The van der Waals surface area contributed by atoms with E-state index in [1.54, 1.807) is 36.1 Å². The molecule has 0 bridgehead atoms. The molecule has 0 aliphatic rings. The summed E-state index contributed by atoms with van der Waals surface area (Å²) in [6, 6.07) is 20.7. The third-order valence-corrected chi connectivity index (χ3v) is 6.19. The number of carboxylic acids is 1. The Morgan fingerprint density at radius 3 is 2.33 bits per heavy atom. The van der Waals surface area contributed by atoms with Gasteiger partial charge in [-0.15, -0.1) is 0 Å². The van der Waals surface area contributed by atoms with E-state index in [1.165, 1.54) is 12.1 Å². The summed E-state index contributed by atoms with van der Waals surface area (Å²) < 4.78 is 30.0. The van der Waals surface area contributed by atoms with E-state index in [4.69, 9.17) is 14.2 Å². The van der Waals surface area contributed by atoms with Gasteiger partial charge in [-0.1, -0.05) is 42.5 Å². The first-order valence-electron chi connectivity index (χ1n) is 13.4. The van der Waals surface area contributed by atoms with E-state index in [0.29, 0.717) is 45.1 Å². The van der Waals surface area contributed by atoms with Crippen LogP contribution in [-0.2, 0) is 27.3 Å². The van der Waals surface area contributed by atoms with Crippen LogP contribution in [0.5, 0.6) is 5.75 Å². The van der Waals surface area contributed by atoms with Gasteiger partial charge < -0.3 is 29.5 Å². The summed E-state index contributed by atoms with van der Waals surface area (Å²) in [4.78, 5) is 26.1. The normalized spacial score (nSPS) is 11.6. The molecule has 0 heterocycles. The molecule has 0 saturated carbocycles. The molecule has 2 N–H and O–H groups in total. The quantitative estimate of drug-likeness (QED) is 0.222. The van der Waals surface area contributed by atoms with Crippen molar-refractivity contribution >= 4 is 17.7 Å². The molecular weight excluding hydrogens is 515 g/mol. The lowest BCUT2D eigenvalue weighted by Crippen LogP contribution is -2.39. The lowest BCUT2D eigenvalue weighted by atomic mass is 10.1. The van der Waals surface area contributed by atoms with Crippen LogP contribution in [0.15, 0.2) is 72.8 Å². The molecule has 1 unspecified atom stereocenters. The molecule has 8 nitrogen and oxygen atoms in total. The first-order chi connectivity index (χ1) is 19.4. The number of hydrogen-bond donors (Lipinski definition) is 2. The zero-order valence-electron chi connectivity index (χ0n) is 23.0. The van der Waals surface area contributed by atoms with E-state index in [2.05, 4.69) is 5.32 Å². The first kappa shape index (κ1) is 30.6.